The molecule has 0 atom stereocenters. The van der Waals surface area contributed by atoms with Crippen molar-refractivity contribution in [2.45, 2.75) is 25.4 Å². The molecule has 7 nitrogen and oxygen atoms in total. The van der Waals surface area contributed by atoms with Crippen molar-refractivity contribution in [2.75, 3.05) is 5.32 Å². The number of aromatic nitrogens is 4. The molecule has 0 bridgehead atoms. The first-order valence-corrected chi connectivity index (χ1v) is 10.7. The number of anilines is 1. The number of pyridine rings is 1. The molecule has 5 rings (SSSR count). The highest BCUT2D eigenvalue weighted by Gasteiger charge is 2.31. The van der Waals surface area contributed by atoms with Crippen molar-refractivity contribution in [1.29, 1.82) is 0 Å². The number of carbonyl (C=O) groups excluding carboxylic acids is 1. The second-order valence-electron chi connectivity index (χ2n) is 7.52. The van der Waals surface area contributed by atoms with Crippen LogP contribution in [0.25, 0.3) is 5.69 Å². The second kappa shape index (κ2) is 8.80. The molecule has 0 radical (unpaired) electrons. The molecule has 8 heteroatoms. The van der Waals surface area contributed by atoms with Crippen LogP contribution in [0.4, 0.5) is 5.69 Å². The van der Waals surface area contributed by atoms with Crippen molar-refractivity contribution < 1.29 is 9.53 Å². The predicted octanol–water partition coefficient (Wildman–Crippen LogP) is 5.02. The average Bonchev–Trinajstić information content (AvgIpc) is 3.57. The molecule has 4 aromatic rings. The van der Waals surface area contributed by atoms with Crippen molar-refractivity contribution in [3.63, 3.8) is 0 Å². The van der Waals surface area contributed by atoms with Crippen LogP contribution in [0.1, 0.15) is 40.9 Å². The van der Waals surface area contributed by atoms with Gasteiger partial charge in [-0.25, -0.2) is 9.67 Å². The van der Waals surface area contributed by atoms with Crippen LogP contribution < -0.4 is 10.1 Å². The lowest BCUT2D eigenvalue weighted by Crippen LogP contribution is -2.14. The molecule has 0 saturated heterocycles. The molecule has 2 aromatic carbocycles. The molecule has 0 aliphatic heterocycles. The summed E-state index contributed by atoms with van der Waals surface area (Å²) < 4.78 is 7.49. The van der Waals surface area contributed by atoms with Crippen molar-refractivity contribution in [1.82, 2.24) is 19.7 Å². The van der Waals surface area contributed by atoms with Gasteiger partial charge in [0.2, 0.25) is 5.82 Å². The number of rotatable bonds is 7. The minimum Gasteiger partial charge on any atom is -0.486 e. The highest BCUT2D eigenvalue weighted by atomic mass is 35.5. The van der Waals surface area contributed by atoms with Crippen LogP contribution in [-0.4, -0.2) is 25.7 Å². The van der Waals surface area contributed by atoms with Gasteiger partial charge < -0.3 is 10.1 Å². The van der Waals surface area contributed by atoms with Crippen molar-refractivity contribution in [2.24, 2.45) is 0 Å². The van der Waals surface area contributed by atoms with Crippen LogP contribution in [0, 0.1) is 0 Å². The Morgan fingerprint density at radius 3 is 2.62 bits per heavy atom. The highest BCUT2D eigenvalue weighted by Crippen LogP contribution is 2.39. The van der Waals surface area contributed by atoms with Gasteiger partial charge in [-0.05, 0) is 55.3 Å². The summed E-state index contributed by atoms with van der Waals surface area (Å²) in [7, 11) is 0. The SMILES string of the molecule is O=C(Nc1ccc(OCc2ccccn2)c(Cl)c1)c1nc(C2CC2)n(-c2ccccc2)n1. The molecular weight excluding hydrogens is 426 g/mol. The van der Waals surface area contributed by atoms with Crippen molar-refractivity contribution in [3.05, 3.63) is 95.3 Å². The van der Waals surface area contributed by atoms with Gasteiger partial charge in [0.15, 0.2) is 0 Å². The average molecular weight is 446 g/mol. The van der Waals surface area contributed by atoms with Gasteiger partial charge >= 0.3 is 0 Å². The number of hydrogen-bond donors (Lipinski definition) is 1. The molecule has 0 unspecified atom stereocenters. The van der Waals surface area contributed by atoms with Crippen LogP contribution in [0.3, 0.4) is 0 Å². The Kier molecular flexibility index (Phi) is 5.56. The molecule has 1 amide bonds. The number of carbonyl (C=O) groups is 1. The first kappa shape index (κ1) is 20.2. The third kappa shape index (κ3) is 4.48. The lowest BCUT2D eigenvalue weighted by Gasteiger charge is -2.09. The summed E-state index contributed by atoms with van der Waals surface area (Å²) in [5, 5.41) is 7.68. The maximum Gasteiger partial charge on any atom is 0.295 e. The molecule has 1 aliphatic carbocycles. The monoisotopic (exact) mass is 445 g/mol. The Morgan fingerprint density at radius 2 is 1.91 bits per heavy atom. The molecular formula is C24H20ClN5O2. The van der Waals surface area contributed by atoms with Crippen LogP contribution in [0.2, 0.25) is 5.02 Å². The molecule has 1 aliphatic rings. The summed E-state index contributed by atoms with van der Waals surface area (Å²) in [6, 6.07) is 20.4. The number of hydrogen-bond acceptors (Lipinski definition) is 5. The van der Waals surface area contributed by atoms with Crippen LogP contribution in [-0.2, 0) is 6.61 Å². The third-order valence-electron chi connectivity index (χ3n) is 5.07. The van der Waals surface area contributed by atoms with Crippen LogP contribution in [0.15, 0.2) is 72.9 Å². The zero-order chi connectivity index (χ0) is 21.9. The topological polar surface area (TPSA) is 81.9 Å². The number of nitrogens with one attached hydrogen (secondary N) is 1. The van der Waals surface area contributed by atoms with Gasteiger partial charge in [0, 0.05) is 17.8 Å². The minimum absolute atomic E-state index is 0.127. The van der Waals surface area contributed by atoms with E-state index < -0.39 is 0 Å². The summed E-state index contributed by atoms with van der Waals surface area (Å²) in [6.45, 7) is 0.303. The van der Waals surface area contributed by atoms with E-state index >= 15 is 0 Å². The van der Waals surface area contributed by atoms with Gasteiger partial charge in [0.25, 0.3) is 5.91 Å². The van der Waals surface area contributed by atoms with Crippen LogP contribution >= 0.6 is 11.6 Å². The predicted molar refractivity (Wildman–Crippen MR) is 121 cm³/mol. The summed E-state index contributed by atoms with van der Waals surface area (Å²) in [4.78, 5) is 21.6. The fourth-order valence-electron chi connectivity index (χ4n) is 3.30. The Hall–Kier alpha value is -3.71. The summed E-state index contributed by atoms with van der Waals surface area (Å²) >= 11 is 6.35. The number of amides is 1. The van der Waals surface area contributed by atoms with E-state index in [1.54, 1.807) is 29.1 Å². The van der Waals surface area contributed by atoms with Gasteiger partial charge in [-0.1, -0.05) is 35.9 Å². The highest BCUT2D eigenvalue weighted by molar-refractivity contribution is 6.32. The first-order valence-electron chi connectivity index (χ1n) is 10.3. The molecule has 0 spiro atoms. The maximum atomic E-state index is 12.8. The number of benzene rings is 2. The van der Waals surface area contributed by atoms with Gasteiger partial charge in [-0.2, -0.15) is 0 Å². The smallest absolute Gasteiger partial charge is 0.295 e. The normalized spacial score (nSPS) is 13.0. The second-order valence-corrected chi connectivity index (χ2v) is 7.93. The molecule has 2 heterocycles. The summed E-state index contributed by atoms with van der Waals surface area (Å²) in [5.74, 6) is 1.41. The Balaban J connectivity index is 1.30. The quantitative estimate of drug-likeness (QED) is 0.431. The molecule has 1 saturated carbocycles. The molecule has 32 heavy (non-hydrogen) atoms. The zero-order valence-corrected chi connectivity index (χ0v) is 17.9. The van der Waals surface area contributed by atoms with E-state index in [4.69, 9.17) is 16.3 Å². The number of para-hydroxylation sites is 1. The molecule has 1 N–H and O–H groups in total. The van der Waals surface area contributed by atoms with E-state index in [-0.39, 0.29) is 11.7 Å². The van der Waals surface area contributed by atoms with E-state index in [1.807, 2.05) is 48.5 Å². The number of ether oxygens (including phenoxy) is 1. The zero-order valence-electron chi connectivity index (χ0n) is 17.1. The van der Waals surface area contributed by atoms with E-state index in [2.05, 4.69) is 20.4 Å². The van der Waals surface area contributed by atoms with E-state index in [0.717, 1.165) is 30.0 Å². The van der Waals surface area contributed by atoms with E-state index in [1.165, 1.54) is 0 Å². The van der Waals surface area contributed by atoms with Gasteiger partial charge in [0.1, 0.15) is 18.2 Å². The summed E-state index contributed by atoms with van der Waals surface area (Å²) in [5.41, 5.74) is 2.22. The Labute approximate surface area is 190 Å². The third-order valence-corrected chi connectivity index (χ3v) is 5.37. The van der Waals surface area contributed by atoms with Gasteiger partial charge in [-0.3, -0.25) is 9.78 Å². The Morgan fingerprint density at radius 1 is 1.09 bits per heavy atom. The van der Waals surface area contributed by atoms with Crippen molar-refractivity contribution >= 4 is 23.2 Å². The minimum atomic E-state index is -0.389. The van der Waals surface area contributed by atoms with Gasteiger partial charge in [0.05, 0.1) is 16.4 Å². The number of halogens is 1. The Bertz CT molecular complexity index is 1240. The maximum absolute atomic E-state index is 12.8. The largest absolute Gasteiger partial charge is 0.486 e. The lowest BCUT2D eigenvalue weighted by atomic mass is 10.3. The van der Waals surface area contributed by atoms with Gasteiger partial charge in [-0.15, -0.1) is 5.10 Å². The molecule has 160 valence electrons. The first-order chi connectivity index (χ1) is 15.7. The summed E-state index contributed by atoms with van der Waals surface area (Å²) in [6.07, 6.45) is 3.82. The fourth-order valence-corrected chi connectivity index (χ4v) is 3.54. The van der Waals surface area contributed by atoms with Crippen LogP contribution in [0.5, 0.6) is 5.75 Å². The molecule has 1 fully saturated rings. The standard InChI is InChI=1S/C24H20ClN5O2/c25-20-14-17(11-12-21(20)32-15-18-6-4-5-13-26-18)27-24(31)22-28-23(16-9-10-16)30(29-22)19-7-2-1-3-8-19/h1-8,11-14,16H,9-10,15H2,(H,27,31). The van der Waals surface area contributed by atoms with Crippen molar-refractivity contribution in [3.8, 4) is 11.4 Å². The molecule has 2 aromatic heterocycles. The van der Waals surface area contributed by atoms with E-state index in [9.17, 15) is 4.79 Å². The van der Waals surface area contributed by atoms with E-state index in [0.29, 0.717) is 29.0 Å². The number of nitrogens with zero attached hydrogens (tertiary/aromatic N) is 4. The lowest BCUT2D eigenvalue weighted by molar-refractivity contribution is 0.101. The fraction of sp³-hybridized carbons (Fsp3) is 0.167.